The Hall–Kier alpha value is -0.480. The molecule has 1 fully saturated rings. The van der Waals surface area contributed by atoms with Crippen LogP contribution in [0.3, 0.4) is 0 Å². The fourth-order valence-corrected chi connectivity index (χ4v) is 2.88. The predicted octanol–water partition coefficient (Wildman–Crippen LogP) is 2.95. The molecule has 1 heterocycles. The third-order valence-corrected chi connectivity index (χ3v) is 3.50. The lowest BCUT2D eigenvalue weighted by Crippen LogP contribution is -2.53. The van der Waals surface area contributed by atoms with E-state index < -0.39 is 0 Å². The van der Waals surface area contributed by atoms with E-state index in [0.717, 1.165) is 36.0 Å². The Labute approximate surface area is 126 Å². The molecule has 1 saturated heterocycles. The van der Waals surface area contributed by atoms with Crippen LogP contribution in [0.1, 0.15) is 19.4 Å². The SMILES string of the molecule is COc1ccc(Cl)cc1CN1CC(C)NC(C)C1.Cl. The summed E-state index contributed by atoms with van der Waals surface area (Å²) in [5.74, 6) is 0.915. The summed E-state index contributed by atoms with van der Waals surface area (Å²) in [5, 5.41) is 4.30. The van der Waals surface area contributed by atoms with Gasteiger partial charge in [-0.2, -0.15) is 0 Å². The Balaban J connectivity index is 0.00000180. The van der Waals surface area contributed by atoms with Crippen LogP contribution in [0.15, 0.2) is 18.2 Å². The van der Waals surface area contributed by atoms with Crippen molar-refractivity contribution in [3.63, 3.8) is 0 Å². The lowest BCUT2D eigenvalue weighted by Gasteiger charge is -2.36. The fourth-order valence-electron chi connectivity index (χ4n) is 2.68. The number of hydrogen-bond donors (Lipinski definition) is 1. The van der Waals surface area contributed by atoms with E-state index in [1.807, 2.05) is 18.2 Å². The maximum absolute atomic E-state index is 6.06. The number of rotatable bonds is 3. The summed E-state index contributed by atoms with van der Waals surface area (Å²) in [7, 11) is 1.70. The molecule has 2 atom stereocenters. The van der Waals surface area contributed by atoms with E-state index in [0.29, 0.717) is 12.1 Å². The maximum Gasteiger partial charge on any atom is 0.123 e. The van der Waals surface area contributed by atoms with Crippen molar-refractivity contribution in [2.75, 3.05) is 20.2 Å². The molecule has 19 heavy (non-hydrogen) atoms. The molecule has 0 radical (unpaired) electrons. The van der Waals surface area contributed by atoms with Crippen LogP contribution in [0.5, 0.6) is 5.75 Å². The van der Waals surface area contributed by atoms with Gasteiger partial charge in [0.15, 0.2) is 0 Å². The summed E-state index contributed by atoms with van der Waals surface area (Å²) >= 11 is 6.06. The highest BCUT2D eigenvalue weighted by Crippen LogP contribution is 2.24. The molecule has 2 rings (SSSR count). The third kappa shape index (κ3) is 4.53. The summed E-state index contributed by atoms with van der Waals surface area (Å²) < 4.78 is 5.39. The lowest BCUT2D eigenvalue weighted by molar-refractivity contribution is 0.165. The summed E-state index contributed by atoms with van der Waals surface area (Å²) in [5.41, 5.74) is 1.16. The number of benzene rings is 1. The van der Waals surface area contributed by atoms with Crippen molar-refractivity contribution in [3.05, 3.63) is 28.8 Å². The Morgan fingerprint density at radius 3 is 2.53 bits per heavy atom. The molecule has 0 spiro atoms. The molecule has 1 aromatic rings. The molecule has 1 aliphatic rings. The average Bonchev–Trinajstić information content (AvgIpc) is 2.27. The molecule has 3 nitrogen and oxygen atoms in total. The normalized spacial score (nSPS) is 23.8. The van der Waals surface area contributed by atoms with Crippen LogP contribution in [0.4, 0.5) is 0 Å². The molecule has 0 amide bonds. The van der Waals surface area contributed by atoms with Gasteiger partial charge in [-0.15, -0.1) is 12.4 Å². The van der Waals surface area contributed by atoms with Gasteiger partial charge in [-0.1, -0.05) is 11.6 Å². The van der Waals surface area contributed by atoms with Crippen LogP contribution >= 0.6 is 24.0 Å². The minimum Gasteiger partial charge on any atom is -0.496 e. The number of methoxy groups -OCH3 is 1. The van der Waals surface area contributed by atoms with Crippen molar-refractivity contribution in [1.29, 1.82) is 0 Å². The van der Waals surface area contributed by atoms with E-state index in [-0.39, 0.29) is 12.4 Å². The number of halogens is 2. The van der Waals surface area contributed by atoms with Crippen LogP contribution in [-0.4, -0.2) is 37.2 Å². The average molecular weight is 305 g/mol. The second kappa shape index (κ2) is 7.34. The van der Waals surface area contributed by atoms with E-state index in [9.17, 15) is 0 Å². The van der Waals surface area contributed by atoms with Crippen molar-refractivity contribution >= 4 is 24.0 Å². The first-order valence-electron chi connectivity index (χ1n) is 6.39. The van der Waals surface area contributed by atoms with Gasteiger partial charge in [0.2, 0.25) is 0 Å². The number of nitrogens with one attached hydrogen (secondary N) is 1. The first-order valence-corrected chi connectivity index (χ1v) is 6.77. The minimum atomic E-state index is 0. The van der Waals surface area contributed by atoms with Gasteiger partial charge in [0, 0.05) is 42.3 Å². The molecular formula is C14H22Cl2N2O. The summed E-state index contributed by atoms with van der Waals surface area (Å²) in [4.78, 5) is 2.44. The number of piperazine rings is 1. The van der Waals surface area contributed by atoms with Gasteiger partial charge in [0.25, 0.3) is 0 Å². The van der Waals surface area contributed by atoms with Crippen LogP contribution in [-0.2, 0) is 6.54 Å². The van der Waals surface area contributed by atoms with E-state index in [1.54, 1.807) is 7.11 Å². The molecule has 0 aliphatic carbocycles. The van der Waals surface area contributed by atoms with Gasteiger partial charge in [-0.25, -0.2) is 0 Å². The van der Waals surface area contributed by atoms with Gasteiger partial charge in [-0.3, -0.25) is 4.90 Å². The smallest absolute Gasteiger partial charge is 0.123 e. The Morgan fingerprint density at radius 2 is 1.95 bits per heavy atom. The first-order chi connectivity index (χ1) is 8.58. The largest absolute Gasteiger partial charge is 0.496 e. The Morgan fingerprint density at radius 1 is 1.32 bits per heavy atom. The molecule has 0 saturated carbocycles. The molecule has 108 valence electrons. The molecule has 1 N–H and O–H groups in total. The van der Waals surface area contributed by atoms with Crippen LogP contribution in [0.2, 0.25) is 5.02 Å². The number of hydrogen-bond acceptors (Lipinski definition) is 3. The molecule has 2 unspecified atom stereocenters. The standard InChI is InChI=1S/C14H21ClN2O.ClH/c1-10-7-17(8-11(2)16-10)9-12-6-13(15)4-5-14(12)18-3;/h4-6,10-11,16H,7-9H2,1-3H3;1H. The molecule has 1 aliphatic heterocycles. The van der Waals surface area contributed by atoms with Crippen LogP contribution in [0, 0.1) is 0 Å². The molecule has 0 aromatic heterocycles. The van der Waals surface area contributed by atoms with Crippen molar-refractivity contribution in [3.8, 4) is 5.75 Å². The van der Waals surface area contributed by atoms with Gasteiger partial charge in [0.05, 0.1) is 7.11 Å². The minimum absolute atomic E-state index is 0. The monoisotopic (exact) mass is 304 g/mol. The van der Waals surface area contributed by atoms with E-state index in [2.05, 4.69) is 24.1 Å². The van der Waals surface area contributed by atoms with Crippen molar-refractivity contribution < 1.29 is 4.74 Å². The summed E-state index contributed by atoms with van der Waals surface area (Å²) in [6, 6.07) is 6.86. The van der Waals surface area contributed by atoms with Crippen molar-refractivity contribution in [2.45, 2.75) is 32.5 Å². The Bertz CT molecular complexity index is 404. The zero-order valence-corrected chi connectivity index (χ0v) is 13.2. The van der Waals surface area contributed by atoms with Crippen LogP contribution < -0.4 is 10.1 Å². The highest BCUT2D eigenvalue weighted by atomic mass is 35.5. The predicted molar refractivity (Wildman–Crippen MR) is 82.6 cm³/mol. The summed E-state index contributed by atoms with van der Waals surface area (Å²) in [6.07, 6.45) is 0. The highest BCUT2D eigenvalue weighted by Gasteiger charge is 2.21. The molecular weight excluding hydrogens is 283 g/mol. The zero-order valence-electron chi connectivity index (χ0n) is 11.6. The number of nitrogens with zero attached hydrogens (tertiary/aromatic N) is 1. The maximum atomic E-state index is 6.06. The molecule has 1 aromatic carbocycles. The van der Waals surface area contributed by atoms with E-state index in [4.69, 9.17) is 16.3 Å². The third-order valence-electron chi connectivity index (χ3n) is 3.27. The van der Waals surface area contributed by atoms with Crippen molar-refractivity contribution in [1.82, 2.24) is 10.2 Å². The quantitative estimate of drug-likeness (QED) is 0.929. The second-order valence-electron chi connectivity index (χ2n) is 5.12. The lowest BCUT2D eigenvalue weighted by atomic mass is 10.1. The van der Waals surface area contributed by atoms with Crippen LogP contribution in [0.25, 0.3) is 0 Å². The topological polar surface area (TPSA) is 24.5 Å². The van der Waals surface area contributed by atoms with Gasteiger partial charge in [0.1, 0.15) is 5.75 Å². The zero-order chi connectivity index (χ0) is 13.1. The van der Waals surface area contributed by atoms with Gasteiger partial charge in [-0.05, 0) is 32.0 Å². The molecule has 0 bridgehead atoms. The Kier molecular flexibility index (Phi) is 6.40. The second-order valence-corrected chi connectivity index (χ2v) is 5.56. The first kappa shape index (κ1) is 16.6. The van der Waals surface area contributed by atoms with Crippen molar-refractivity contribution in [2.24, 2.45) is 0 Å². The number of ether oxygens (including phenoxy) is 1. The summed E-state index contributed by atoms with van der Waals surface area (Å²) in [6.45, 7) is 7.44. The van der Waals surface area contributed by atoms with Gasteiger partial charge < -0.3 is 10.1 Å². The highest BCUT2D eigenvalue weighted by molar-refractivity contribution is 6.30. The van der Waals surface area contributed by atoms with Gasteiger partial charge >= 0.3 is 0 Å². The fraction of sp³-hybridized carbons (Fsp3) is 0.571. The molecule has 5 heteroatoms. The van der Waals surface area contributed by atoms with E-state index >= 15 is 0 Å². The van der Waals surface area contributed by atoms with E-state index in [1.165, 1.54) is 0 Å².